The van der Waals surface area contributed by atoms with Crippen LogP contribution in [0.3, 0.4) is 0 Å². The smallest absolute Gasteiger partial charge is 0.253 e. The summed E-state index contributed by atoms with van der Waals surface area (Å²) in [5, 5.41) is 4.14. The average Bonchev–Trinajstić information content (AvgIpc) is 3.09. The molecule has 7 heteroatoms. The minimum Gasteiger partial charge on any atom is -0.338 e. The Kier molecular flexibility index (Phi) is 5.33. The maximum atomic E-state index is 12.8. The molecule has 1 N–H and O–H groups in total. The lowest BCUT2D eigenvalue weighted by Crippen LogP contribution is -2.43. The number of hydrogen-bond acceptors (Lipinski definition) is 4. The van der Waals surface area contributed by atoms with Crippen molar-refractivity contribution in [2.75, 3.05) is 18.4 Å². The molecule has 2 heterocycles. The third-order valence-corrected chi connectivity index (χ3v) is 6.13. The largest absolute Gasteiger partial charge is 0.338 e. The highest BCUT2D eigenvalue weighted by atomic mass is 35.5. The predicted molar refractivity (Wildman–Crippen MR) is 113 cm³/mol. The molecular weight excluding hydrogens is 394 g/mol. The first kappa shape index (κ1) is 18.9. The van der Waals surface area contributed by atoms with E-state index in [1.165, 1.54) is 11.3 Å². The van der Waals surface area contributed by atoms with Gasteiger partial charge in [-0.1, -0.05) is 29.0 Å². The molecule has 1 unspecified atom stereocenters. The number of hydrogen-bond donors (Lipinski definition) is 1. The van der Waals surface area contributed by atoms with E-state index in [0.717, 1.165) is 28.6 Å². The molecule has 2 amide bonds. The van der Waals surface area contributed by atoms with E-state index in [2.05, 4.69) is 16.4 Å². The Morgan fingerprint density at radius 3 is 2.79 bits per heavy atom. The SMILES string of the molecule is Cc1ccc2nc(NC(=O)C3CCCN(C(=O)c4ccc(Cl)cc4)C3)sc2c1. The molecule has 0 saturated carbocycles. The molecule has 1 atom stereocenters. The summed E-state index contributed by atoms with van der Waals surface area (Å²) >= 11 is 7.37. The van der Waals surface area contributed by atoms with E-state index in [1.807, 2.05) is 19.1 Å². The van der Waals surface area contributed by atoms with E-state index in [1.54, 1.807) is 29.2 Å². The second kappa shape index (κ2) is 7.89. The number of fused-ring (bicyclic) bond motifs is 1. The molecule has 1 fully saturated rings. The highest BCUT2D eigenvalue weighted by Gasteiger charge is 2.29. The van der Waals surface area contributed by atoms with Crippen LogP contribution in [-0.2, 0) is 4.79 Å². The van der Waals surface area contributed by atoms with Crippen LogP contribution in [0.25, 0.3) is 10.2 Å². The van der Waals surface area contributed by atoms with Crippen LogP contribution in [0.1, 0.15) is 28.8 Å². The lowest BCUT2D eigenvalue weighted by atomic mass is 9.96. The number of piperidine rings is 1. The molecule has 144 valence electrons. The first-order chi connectivity index (χ1) is 13.5. The third kappa shape index (κ3) is 4.03. The Balaban J connectivity index is 1.43. The van der Waals surface area contributed by atoms with Gasteiger partial charge < -0.3 is 10.2 Å². The van der Waals surface area contributed by atoms with Crippen molar-refractivity contribution >= 4 is 50.1 Å². The van der Waals surface area contributed by atoms with Gasteiger partial charge in [0.2, 0.25) is 5.91 Å². The fourth-order valence-electron chi connectivity index (χ4n) is 3.44. The molecule has 28 heavy (non-hydrogen) atoms. The van der Waals surface area contributed by atoms with Gasteiger partial charge in [-0.2, -0.15) is 0 Å². The number of likely N-dealkylation sites (tertiary alicyclic amines) is 1. The summed E-state index contributed by atoms with van der Waals surface area (Å²) in [7, 11) is 0. The molecule has 0 bridgehead atoms. The Morgan fingerprint density at radius 2 is 2.00 bits per heavy atom. The van der Waals surface area contributed by atoms with E-state index >= 15 is 0 Å². The predicted octanol–water partition coefficient (Wildman–Crippen LogP) is 4.75. The number of nitrogens with zero attached hydrogens (tertiary/aromatic N) is 2. The average molecular weight is 414 g/mol. The van der Waals surface area contributed by atoms with Gasteiger partial charge in [0.1, 0.15) is 0 Å². The molecule has 1 saturated heterocycles. The molecule has 0 radical (unpaired) electrons. The third-order valence-electron chi connectivity index (χ3n) is 4.94. The van der Waals surface area contributed by atoms with Crippen LogP contribution in [0.15, 0.2) is 42.5 Å². The van der Waals surface area contributed by atoms with Crippen LogP contribution < -0.4 is 5.32 Å². The number of anilines is 1. The van der Waals surface area contributed by atoms with Crippen molar-refractivity contribution < 1.29 is 9.59 Å². The van der Waals surface area contributed by atoms with Crippen LogP contribution >= 0.6 is 22.9 Å². The van der Waals surface area contributed by atoms with Crippen molar-refractivity contribution in [1.82, 2.24) is 9.88 Å². The van der Waals surface area contributed by atoms with Crippen molar-refractivity contribution in [3.05, 3.63) is 58.6 Å². The molecule has 1 aliphatic rings. The van der Waals surface area contributed by atoms with Crippen molar-refractivity contribution in [3.8, 4) is 0 Å². The quantitative estimate of drug-likeness (QED) is 0.674. The van der Waals surface area contributed by atoms with Crippen LogP contribution in [-0.4, -0.2) is 34.8 Å². The van der Waals surface area contributed by atoms with Gasteiger partial charge >= 0.3 is 0 Å². The summed E-state index contributed by atoms with van der Waals surface area (Å²) in [6.07, 6.45) is 1.57. The molecule has 2 aromatic carbocycles. The minimum absolute atomic E-state index is 0.0652. The lowest BCUT2D eigenvalue weighted by molar-refractivity contribution is -0.121. The van der Waals surface area contributed by atoms with Crippen molar-refractivity contribution in [2.24, 2.45) is 5.92 Å². The summed E-state index contributed by atoms with van der Waals surface area (Å²) in [6, 6.07) is 12.9. The summed E-state index contributed by atoms with van der Waals surface area (Å²) in [4.78, 5) is 31.7. The normalized spacial score (nSPS) is 16.9. The number of carbonyl (C=O) groups excluding carboxylic acids is 2. The Bertz CT molecular complexity index is 1030. The van der Waals surface area contributed by atoms with Crippen molar-refractivity contribution in [3.63, 3.8) is 0 Å². The van der Waals surface area contributed by atoms with E-state index in [4.69, 9.17) is 11.6 Å². The number of amides is 2. The maximum Gasteiger partial charge on any atom is 0.253 e. The zero-order chi connectivity index (χ0) is 19.7. The van der Waals surface area contributed by atoms with Crippen LogP contribution in [0, 0.1) is 12.8 Å². The lowest BCUT2D eigenvalue weighted by Gasteiger charge is -2.32. The van der Waals surface area contributed by atoms with Crippen molar-refractivity contribution in [1.29, 1.82) is 0 Å². The molecule has 0 aliphatic carbocycles. The molecular formula is C21H20ClN3O2S. The Morgan fingerprint density at radius 1 is 1.21 bits per heavy atom. The number of nitrogens with one attached hydrogen (secondary N) is 1. The first-order valence-corrected chi connectivity index (χ1v) is 10.4. The molecule has 5 nitrogen and oxygen atoms in total. The monoisotopic (exact) mass is 413 g/mol. The number of carbonyl (C=O) groups is 2. The van der Waals surface area contributed by atoms with Gasteiger partial charge in [0.15, 0.2) is 5.13 Å². The molecule has 0 spiro atoms. The first-order valence-electron chi connectivity index (χ1n) is 9.22. The van der Waals surface area contributed by atoms with Gasteiger partial charge in [-0.15, -0.1) is 0 Å². The summed E-state index contributed by atoms with van der Waals surface area (Å²) in [5.74, 6) is -0.382. The summed E-state index contributed by atoms with van der Waals surface area (Å²) < 4.78 is 1.05. The topological polar surface area (TPSA) is 62.3 Å². The van der Waals surface area contributed by atoms with Gasteiger partial charge in [-0.05, 0) is 61.7 Å². The molecule has 4 rings (SSSR count). The van der Waals surface area contributed by atoms with Gasteiger partial charge in [0, 0.05) is 23.7 Å². The van der Waals surface area contributed by atoms with E-state index < -0.39 is 0 Å². The second-order valence-corrected chi connectivity index (χ2v) is 8.54. The zero-order valence-corrected chi connectivity index (χ0v) is 17.0. The Labute approximate surface area is 172 Å². The van der Waals surface area contributed by atoms with Crippen LogP contribution in [0.2, 0.25) is 5.02 Å². The summed E-state index contributed by atoms with van der Waals surface area (Å²) in [6.45, 7) is 3.11. The van der Waals surface area contributed by atoms with Crippen molar-refractivity contribution in [2.45, 2.75) is 19.8 Å². The number of thiazole rings is 1. The standard InChI is InChI=1S/C21H20ClN3O2S/c1-13-4-9-17-18(11-13)28-21(23-17)24-19(26)15-3-2-10-25(12-15)20(27)14-5-7-16(22)8-6-14/h4-9,11,15H,2-3,10,12H2,1H3,(H,23,24,26). The van der Waals surface area contributed by atoms with Crippen LogP contribution in [0.4, 0.5) is 5.13 Å². The second-order valence-electron chi connectivity index (χ2n) is 7.08. The highest BCUT2D eigenvalue weighted by Crippen LogP contribution is 2.28. The highest BCUT2D eigenvalue weighted by molar-refractivity contribution is 7.22. The number of rotatable bonds is 3. The minimum atomic E-state index is -0.237. The number of aryl methyl sites for hydroxylation is 1. The Hall–Kier alpha value is -2.44. The maximum absolute atomic E-state index is 12.8. The number of aromatic nitrogens is 1. The van der Waals surface area contributed by atoms with Gasteiger partial charge in [-0.25, -0.2) is 4.98 Å². The number of halogens is 1. The molecule has 1 aliphatic heterocycles. The van der Waals surface area contributed by atoms with Gasteiger partial charge in [0.25, 0.3) is 5.91 Å². The molecule has 1 aromatic heterocycles. The van der Waals surface area contributed by atoms with Gasteiger partial charge in [-0.3, -0.25) is 9.59 Å². The van der Waals surface area contributed by atoms with E-state index in [9.17, 15) is 9.59 Å². The summed E-state index contributed by atoms with van der Waals surface area (Å²) in [5.41, 5.74) is 2.64. The van der Waals surface area contributed by atoms with E-state index in [0.29, 0.717) is 28.8 Å². The number of benzene rings is 2. The fourth-order valence-corrected chi connectivity index (χ4v) is 4.54. The van der Waals surface area contributed by atoms with Crippen LogP contribution in [0.5, 0.6) is 0 Å². The van der Waals surface area contributed by atoms with Gasteiger partial charge in [0.05, 0.1) is 16.1 Å². The fraction of sp³-hybridized carbons (Fsp3) is 0.286. The zero-order valence-electron chi connectivity index (χ0n) is 15.4. The van der Waals surface area contributed by atoms with E-state index in [-0.39, 0.29) is 17.7 Å². The molecule has 3 aromatic rings.